The van der Waals surface area contributed by atoms with E-state index in [0.717, 1.165) is 36.4 Å². The van der Waals surface area contributed by atoms with E-state index in [1.807, 2.05) is 19.9 Å². The second-order valence-electron chi connectivity index (χ2n) is 4.87. The zero-order chi connectivity index (χ0) is 13.2. The van der Waals surface area contributed by atoms with Gasteiger partial charge in [-0.3, -0.25) is 0 Å². The van der Waals surface area contributed by atoms with Crippen molar-refractivity contribution in [1.82, 2.24) is 10.0 Å². The molecule has 19 heavy (non-hydrogen) atoms. The first kappa shape index (κ1) is 16.9. The monoisotopic (exact) mass is 324 g/mol. The topological polar surface area (TPSA) is 58.2 Å². The SMILES string of the molecule is Cc1cc(C)c(S(=O)(=O)NCCC2CCNC2)s1.Cl. The number of aryl methyl sites for hydroxylation is 2. The fourth-order valence-corrected chi connectivity index (χ4v) is 5.07. The lowest BCUT2D eigenvalue weighted by Crippen LogP contribution is -2.26. The molecule has 1 aliphatic heterocycles. The molecule has 2 N–H and O–H groups in total. The van der Waals surface area contributed by atoms with Crippen LogP contribution in [0.2, 0.25) is 0 Å². The molecule has 0 spiro atoms. The Morgan fingerprint density at radius 3 is 2.74 bits per heavy atom. The van der Waals surface area contributed by atoms with E-state index in [0.29, 0.717) is 16.7 Å². The van der Waals surface area contributed by atoms with E-state index in [1.165, 1.54) is 11.3 Å². The molecule has 2 rings (SSSR count). The second kappa shape index (κ2) is 7.04. The van der Waals surface area contributed by atoms with Gasteiger partial charge >= 0.3 is 0 Å². The summed E-state index contributed by atoms with van der Waals surface area (Å²) in [6, 6.07) is 1.92. The molecule has 0 aromatic carbocycles. The summed E-state index contributed by atoms with van der Waals surface area (Å²) in [5.74, 6) is 0.610. The molecule has 1 aromatic heterocycles. The Kier molecular flexibility index (Phi) is 6.26. The molecule has 2 heterocycles. The molecule has 1 atom stereocenters. The maximum absolute atomic E-state index is 12.1. The van der Waals surface area contributed by atoms with E-state index in [-0.39, 0.29) is 12.4 Å². The first-order chi connectivity index (χ1) is 8.49. The van der Waals surface area contributed by atoms with E-state index in [2.05, 4.69) is 10.0 Å². The Morgan fingerprint density at radius 1 is 1.47 bits per heavy atom. The van der Waals surface area contributed by atoms with Gasteiger partial charge in [-0.25, -0.2) is 13.1 Å². The second-order valence-corrected chi connectivity index (χ2v) is 8.09. The lowest BCUT2D eigenvalue weighted by atomic mass is 10.1. The van der Waals surface area contributed by atoms with Crippen molar-refractivity contribution < 1.29 is 8.42 Å². The maximum Gasteiger partial charge on any atom is 0.250 e. The van der Waals surface area contributed by atoms with E-state index in [9.17, 15) is 8.42 Å². The average Bonchev–Trinajstić information content (AvgIpc) is 2.88. The number of hydrogen-bond donors (Lipinski definition) is 2. The lowest BCUT2D eigenvalue weighted by molar-refractivity contribution is 0.519. The van der Waals surface area contributed by atoms with Crippen LogP contribution in [0.5, 0.6) is 0 Å². The summed E-state index contributed by atoms with van der Waals surface area (Å²) in [5.41, 5.74) is 0.840. The fourth-order valence-electron chi connectivity index (χ4n) is 2.31. The number of rotatable bonds is 5. The van der Waals surface area contributed by atoms with Gasteiger partial charge in [-0.15, -0.1) is 23.7 Å². The number of halogens is 1. The highest BCUT2D eigenvalue weighted by molar-refractivity contribution is 7.91. The van der Waals surface area contributed by atoms with Gasteiger partial charge in [0.1, 0.15) is 4.21 Å². The summed E-state index contributed by atoms with van der Waals surface area (Å²) in [5, 5.41) is 3.29. The van der Waals surface area contributed by atoms with E-state index >= 15 is 0 Å². The predicted octanol–water partition coefficient (Wildman–Crippen LogP) is 2.06. The highest BCUT2D eigenvalue weighted by Crippen LogP contribution is 2.25. The first-order valence-electron chi connectivity index (χ1n) is 6.26. The highest BCUT2D eigenvalue weighted by atomic mass is 35.5. The minimum atomic E-state index is -3.31. The molecule has 1 saturated heterocycles. The van der Waals surface area contributed by atoms with Crippen LogP contribution in [0.3, 0.4) is 0 Å². The third kappa shape index (κ3) is 4.43. The molecule has 7 heteroatoms. The molecular weight excluding hydrogens is 304 g/mol. The highest BCUT2D eigenvalue weighted by Gasteiger charge is 2.20. The number of sulfonamides is 1. The van der Waals surface area contributed by atoms with Gasteiger partial charge in [0.05, 0.1) is 0 Å². The van der Waals surface area contributed by atoms with Crippen molar-refractivity contribution in [3.8, 4) is 0 Å². The van der Waals surface area contributed by atoms with Crippen LogP contribution in [-0.2, 0) is 10.0 Å². The van der Waals surface area contributed by atoms with Crippen LogP contribution >= 0.6 is 23.7 Å². The van der Waals surface area contributed by atoms with Crippen molar-refractivity contribution in [2.24, 2.45) is 5.92 Å². The molecule has 0 radical (unpaired) electrons. The molecule has 1 fully saturated rings. The average molecular weight is 325 g/mol. The van der Waals surface area contributed by atoms with Gasteiger partial charge in [-0.2, -0.15) is 0 Å². The third-order valence-corrected chi connectivity index (χ3v) is 6.50. The summed E-state index contributed by atoms with van der Waals surface area (Å²) in [4.78, 5) is 1.04. The molecule has 1 aromatic rings. The van der Waals surface area contributed by atoms with Gasteiger partial charge in [0, 0.05) is 11.4 Å². The van der Waals surface area contributed by atoms with Gasteiger partial charge in [0.15, 0.2) is 0 Å². The molecule has 0 amide bonds. The molecule has 4 nitrogen and oxygen atoms in total. The fraction of sp³-hybridized carbons (Fsp3) is 0.667. The molecule has 0 saturated carbocycles. The molecule has 0 aliphatic carbocycles. The van der Waals surface area contributed by atoms with Gasteiger partial charge in [0.2, 0.25) is 10.0 Å². The van der Waals surface area contributed by atoms with Crippen LogP contribution in [0.4, 0.5) is 0 Å². The number of hydrogen-bond acceptors (Lipinski definition) is 4. The zero-order valence-electron chi connectivity index (χ0n) is 11.2. The largest absolute Gasteiger partial charge is 0.316 e. The van der Waals surface area contributed by atoms with Gasteiger partial charge < -0.3 is 5.32 Å². The first-order valence-corrected chi connectivity index (χ1v) is 8.56. The normalized spacial score (nSPS) is 19.4. The van der Waals surface area contributed by atoms with Crippen molar-refractivity contribution in [3.05, 3.63) is 16.5 Å². The van der Waals surface area contributed by atoms with E-state index < -0.39 is 10.0 Å². The Bertz CT molecular complexity index is 508. The van der Waals surface area contributed by atoms with E-state index in [4.69, 9.17) is 0 Å². The van der Waals surface area contributed by atoms with Gasteiger partial charge in [-0.1, -0.05) is 0 Å². The lowest BCUT2D eigenvalue weighted by Gasteiger charge is -2.09. The summed E-state index contributed by atoms with van der Waals surface area (Å²) in [6.07, 6.45) is 2.06. The molecule has 1 unspecified atom stereocenters. The van der Waals surface area contributed by atoms with Gasteiger partial charge in [0.25, 0.3) is 0 Å². The molecule has 1 aliphatic rings. The Labute approximate surface area is 125 Å². The minimum Gasteiger partial charge on any atom is -0.316 e. The van der Waals surface area contributed by atoms with Crippen molar-refractivity contribution in [2.75, 3.05) is 19.6 Å². The Balaban J connectivity index is 0.00000180. The standard InChI is InChI=1S/C12H20N2O2S2.ClH/c1-9-7-10(2)17-12(9)18(15,16)14-6-4-11-3-5-13-8-11;/h7,11,13-14H,3-6,8H2,1-2H3;1H. The van der Waals surface area contributed by atoms with Crippen molar-refractivity contribution in [1.29, 1.82) is 0 Å². The quantitative estimate of drug-likeness (QED) is 0.871. The van der Waals surface area contributed by atoms with Crippen LogP contribution in [-0.4, -0.2) is 28.1 Å². The van der Waals surface area contributed by atoms with Crippen LogP contribution in [0.15, 0.2) is 10.3 Å². The predicted molar refractivity (Wildman–Crippen MR) is 81.8 cm³/mol. The number of thiophene rings is 1. The summed E-state index contributed by atoms with van der Waals surface area (Å²) in [7, 11) is -3.31. The summed E-state index contributed by atoms with van der Waals surface area (Å²) < 4.78 is 27.4. The number of nitrogens with one attached hydrogen (secondary N) is 2. The minimum absolute atomic E-state index is 0. The van der Waals surface area contributed by atoms with Crippen LogP contribution in [0.25, 0.3) is 0 Å². The third-order valence-electron chi connectivity index (χ3n) is 3.25. The maximum atomic E-state index is 12.1. The van der Waals surface area contributed by atoms with Crippen LogP contribution < -0.4 is 10.0 Å². The Morgan fingerprint density at radius 2 is 2.21 bits per heavy atom. The van der Waals surface area contributed by atoms with Crippen LogP contribution in [0, 0.1) is 19.8 Å². The molecular formula is C12H21ClN2O2S2. The Hall–Kier alpha value is -0.140. The van der Waals surface area contributed by atoms with E-state index in [1.54, 1.807) is 0 Å². The zero-order valence-corrected chi connectivity index (χ0v) is 13.7. The smallest absolute Gasteiger partial charge is 0.250 e. The van der Waals surface area contributed by atoms with Crippen molar-refractivity contribution >= 4 is 33.8 Å². The van der Waals surface area contributed by atoms with Crippen LogP contribution in [0.1, 0.15) is 23.3 Å². The summed E-state index contributed by atoms with van der Waals surface area (Å²) >= 11 is 1.34. The van der Waals surface area contributed by atoms with Gasteiger partial charge in [-0.05, 0) is 57.3 Å². The van der Waals surface area contributed by atoms with Crippen molar-refractivity contribution in [3.63, 3.8) is 0 Å². The summed E-state index contributed by atoms with van der Waals surface area (Å²) in [6.45, 7) is 6.38. The molecule has 110 valence electrons. The molecule has 0 bridgehead atoms. The van der Waals surface area contributed by atoms with Crippen molar-refractivity contribution in [2.45, 2.75) is 30.9 Å².